The minimum absolute atomic E-state index is 0.0409. The summed E-state index contributed by atoms with van der Waals surface area (Å²) in [6, 6.07) is 9.74. The van der Waals surface area contributed by atoms with Gasteiger partial charge in [-0.1, -0.05) is 49.6 Å². The third kappa shape index (κ3) is 7.54. The maximum atomic E-state index is 12.2. The van der Waals surface area contributed by atoms with Crippen LogP contribution in [0.4, 0.5) is 0 Å². The minimum atomic E-state index is -0.486. The molecule has 0 aliphatic heterocycles. The van der Waals surface area contributed by atoms with Gasteiger partial charge in [0.2, 0.25) is 5.91 Å². The van der Waals surface area contributed by atoms with Crippen LogP contribution >= 0.6 is 11.8 Å². The fraction of sp³-hybridized carbons (Fsp3) is 0.571. The molecule has 2 rings (SSSR count). The Balaban J connectivity index is 1.60. The first kappa shape index (κ1) is 22.3. The Morgan fingerprint density at radius 1 is 1.14 bits per heavy atom. The number of esters is 1. The highest BCUT2D eigenvalue weighted by molar-refractivity contribution is 8.00. The number of hydrogen-bond donors (Lipinski definition) is 1. The Morgan fingerprint density at radius 3 is 2.50 bits per heavy atom. The van der Waals surface area contributed by atoms with E-state index in [1.807, 2.05) is 49.2 Å². The number of nitrogens with zero attached hydrogens (tertiary/aromatic N) is 1. The van der Waals surface area contributed by atoms with Crippen molar-refractivity contribution in [2.75, 3.05) is 25.2 Å². The fourth-order valence-corrected chi connectivity index (χ4v) is 4.02. The smallest absolute Gasteiger partial charge is 0.316 e. The molecule has 6 nitrogen and oxygen atoms in total. The molecule has 0 spiro atoms. The van der Waals surface area contributed by atoms with Crippen molar-refractivity contribution in [1.29, 1.82) is 0 Å². The summed E-state index contributed by atoms with van der Waals surface area (Å²) < 4.78 is 5.00. The summed E-state index contributed by atoms with van der Waals surface area (Å²) in [6.45, 7) is 1.56. The van der Waals surface area contributed by atoms with Crippen LogP contribution in [-0.2, 0) is 19.1 Å². The van der Waals surface area contributed by atoms with Crippen LogP contribution in [0.1, 0.15) is 50.6 Å². The van der Waals surface area contributed by atoms with Crippen molar-refractivity contribution in [3.8, 4) is 0 Å². The van der Waals surface area contributed by atoms with Gasteiger partial charge in [-0.3, -0.25) is 14.4 Å². The highest BCUT2D eigenvalue weighted by atomic mass is 32.2. The maximum Gasteiger partial charge on any atom is 0.316 e. The Labute approximate surface area is 171 Å². The quantitative estimate of drug-likeness (QED) is 0.638. The first-order valence-electron chi connectivity index (χ1n) is 9.80. The predicted octanol–water partition coefficient (Wildman–Crippen LogP) is 2.93. The summed E-state index contributed by atoms with van der Waals surface area (Å²) in [7, 11) is 1.84. The van der Waals surface area contributed by atoms with Crippen LogP contribution in [0.3, 0.4) is 0 Å². The highest BCUT2D eigenvalue weighted by Gasteiger charge is 2.22. The van der Waals surface area contributed by atoms with E-state index in [-0.39, 0.29) is 36.0 Å². The van der Waals surface area contributed by atoms with Gasteiger partial charge in [-0.25, -0.2) is 0 Å². The van der Waals surface area contributed by atoms with Gasteiger partial charge < -0.3 is 15.0 Å². The van der Waals surface area contributed by atoms with Crippen LogP contribution in [0, 0.1) is 0 Å². The number of carbonyl (C=O) groups is 3. The first-order valence-corrected chi connectivity index (χ1v) is 11.0. The van der Waals surface area contributed by atoms with Crippen molar-refractivity contribution >= 4 is 29.5 Å². The molecule has 1 aromatic carbocycles. The average molecular weight is 407 g/mol. The van der Waals surface area contributed by atoms with Gasteiger partial charge in [-0.05, 0) is 25.3 Å². The molecule has 0 radical (unpaired) electrons. The standard InChI is InChI=1S/C21H30N2O4S/c1-16(17-9-5-3-6-10-17)22-19(24)13-27-21(26)15-28-14-20(25)23(2)18-11-7-4-8-12-18/h3,5-6,9-10,16,18H,4,7-8,11-15H2,1-2H3,(H,22,24). The van der Waals surface area contributed by atoms with Gasteiger partial charge in [0.05, 0.1) is 17.5 Å². The van der Waals surface area contributed by atoms with E-state index in [2.05, 4.69) is 5.32 Å². The zero-order valence-corrected chi connectivity index (χ0v) is 17.5. The van der Waals surface area contributed by atoms with Gasteiger partial charge in [0.15, 0.2) is 6.61 Å². The van der Waals surface area contributed by atoms with Crippen molar-refractivity contribution < 1.29 is 19.1 Å². The SMILES string of the molecule is CC(NC(=O)COC(=O)CSCC(=O)N(C)C1CCCCC1)c1ccccc1. The lowest BCUT2D eigenvalue weighted by molar-refractivity contribution is -0.146. The summed E-state index contributed by atoms with van der Waals surface area (Å²) in [6.07, 6.45) is 5.72. The maximum absolute atomic E-state index is 12.2. The predicted molar refractivity (Wildman–Crippen MR) is 111 cm³/mol. The van der Waals surface area contributed by atoms with E-state index < -0.39 is 5.97 Å². The second-order valence-corrected chi connectivity index (χ2v) is 8.14. The molecule has 2 amide bonds. The number of benzene rings is 1. The van der Waals surface area contributed by atoms with Gasteiger partial charge in [0.1, 0.15) is 0 Å². The second-order valence-electron chi connectivity index (χ2n) is 7.15. The fourth-order valence-electron chi connectivity index (χ4n) is 3.29. The van der Waals surface area contributed by atoms with Crippen molar-refractivity contribution in [1.82, 2.24) is 10.2 Å². The number of nitrogens with one attached hydrogen (secondary N) is 1. The monoisotopic (exact) mass is 406 g/mol. The molecule has 0 heterocycles. The lowest BCUT2D eigenvalue weighted by atomic mass is 9.94. The van der Waals surface area contributed by atoms with Gasteiger partial charge in [0.25, 0.3) is 5.91 Å². The normalized spacial score (nSPS) is 15.5. The molecule has 1 aliphatic rings. The van der Waals surface area contributed by atoms with E-state index >= 15 is 0 Å². The Hall–Kier alpha value is -2.02. The summed E-state index contributed by atoms with van der Waals surface area (Å²) in [5, 5.41) is 2.79. The molecule has 0 bridgehead atoms. The molecule has 0 aromatic heterocycles. The van der Waals surface area contributed by atoms with Gasteiger partial charge in [-0.2, -0.15) is 0 Å². The molecule has 1 atom stereocenters. The third-order valence-corrected chi connectivity index (χ3v) is 5.89. The minimum Gasteiger partial charge on any atom is -0.455 e. The number of hydrogen-bond acceptors (Lipinski definition) is 5. The Bertz CT molecular complexity index is 647. The van der Waals surface area contributed by atoms with E-state index in [1.54, 1.807) is 0 Å². The average Bonchev–Trinajstić information content (AvgIpc) is 2.72. The summed E-state index contributed by atoms with van der Waals surface area (Å²) >= 11 is 1.23. The van der Waals surface area contributed by atoms with Crippen LogP contribution in [0.2, 0.25) is 0 Å². The highest BCUT2D eigenvalue weighted by Crippen LogP contribution is 2.22. The number of amides is 2. The summed E-state index contributed by atoms with van der Waals surface area (Å²) in [5.74, 6) is -0.479. The van der Waals surface area contributed by atoms with Gasteiger partial charge in [0, 0.05) is 13.1 Å². The van der Waals surface area contributed by atoms with Crippen molar-refractivity contribution in [2.45, 2.75) is 51.1 Å². The van der Waals surface area contributed by atoms with E-state index in [9.17, 15) is 14.4 Å². The first-order chi connectivity index (χ1) is 13.5. The third-order valence-electron chi connectivity index (χ3n) is 5.00. The molecule has 1 N–H and O–H groups in total. The molecule has 154 valence electrons. The van der Waals surface area contributed by atoms with Crippen LogP contribution in [-0.4, -0.2) is 53.9 Å². The molecule has 1 unspecified atom stereocenters. The molecule has 1 aromatic rings. The lowest BCUT2D eigenvalue weighted by Crippen LogP contribution is -2.39. The molecular weight excluding hydrogens is 376 g/mol. The number of rotatable bonds is 9. The van der Waals surface area contributed by atoms with Crippen molar-refractivity contribution in [2.24, 2.45) is 0 Å². The van der Waals surface area contributed by atoms with Crippen molar-refractivity contribution in [3.63, 3.8) is 0 Å². The number of carbonyl (C=O) groups excluding carboxylic acids is 3. The van der Waals surface area contributed by atoms with Gasteiger partial charge >= 0.3 is 5.97 Å². The van der Waals surface area contributed by atoms with Crippen molar-refractivity contribution in [3.05, 3.63) is 35.9 Å². The number of ether oxygens (including phenoxy) is 1. The zero-order chi connectivity index (χ0) is 20.4. The van der Waals surface area contributed by atoms with Gasteiger partial charge in [-0.15, -0.1) is 11.8 Å². The van der Waals surface area contributed by atoms with Crippen LogP contribution in [0.15, 0.2) is 30.3 Å². The molecule has 1 aliphatic carbocycles. The lowest BCUT2D eigenvalue weighted by Gasteiger charge is -2.31. The topological polar surface area (TPSA) is 75.7 Å². The molecule has 1 saturated carbocycles. The molecule has 28 heavy (non-hydrogen) atoms. The molecule has 1 fully saturated rings. The van der Waals surface area contributed by atoms with E-state index in [0.29, 0.717) is 6.04 Å². The molecule has 0 saturated heterocycles. The largest absolute Gasteiger partial charge is 0.455 e. The van der Waals surface area contributed by atoms with E-state index in [1.165, 1.54) is 31.0 Å². The number of thioether (sulfide) groups is 1. The Kier molecular flexibility index (Phi) is 9.34. The second kappa shape index (κ2) is 11.7. The summed E-state index contributed by atoms with van der Waals surface area (Å²) in [4.78, 5) is 37.8. The Morgan fingerprint density at radius 2 is 1.82 bits per heavy atom. The van der Waals surface area contributed by atoms with Crippen LogP contribution in [0.25, 0.3) is 0 Å². The molecular formula is C21H30N2O4S. The summed E-state index contributed by atoms with van der Waals surface area (Å²) in [5.41, 5.74) is 0.985. The van der Waals surface area contributed by atoms with E-state index in [4.69, 9.17) is 4.74 Å². The van der Waals surface area contributed by atoms with E-state index in [0.717, 1.165) is 18.4 Å². The van der Waals surface area contributed by atoms with Crippen LogP contribution in [0.5, 0.6) is 0 Å². The van der Waals surface area contributed by atoms with Crippen LogP contribution < -0.4 is 5.32 Å². The molecule has 7 heteroatoms. The zero-order valence-electron chi connectivity index (χ0n) is 16.7.